The minimum atomic E-state index is -1.25. The van der Waals surface area contributed by atoms with Crippen molar-refractivity contribution in [3.05, 3.63) is 64.0 Å². The van der Waals surface area contributed by atoms with Crippen molar-refractivity contribution in [1.29, 1.82) is 0 Å². The number of ether oxygens (including phenoxy) is 1. The molecule has 1 atom stereocenters. The Kier molecular flexibility index (Phi) is 6.99. The normalized spacial score (nSPS) is 11.4. The summed E-state index contributed by atoms with van der Waals surface area (Å²) >= 11 is 0. The van der Waals surface area contributed by atoms with E-state index >= 15 is 0 Å². The molecule has 9 nitrogen and oxygen atoms in total. The molecule has 0 saturated carbocycles. The van der Waals surface area contributed by atoms with Gasteiger partial charge in [-0.3, -0.25) is 14.9 Å². The number of hydrogen-bond donors (Lipinski definition) is 3. The van der Waals surface area contributed by atoms with Gasteiger partial charge in [-0.25, -0.2) is 9.18 Å². The molecule has 0 spiro atoms. The van der Waals surface area contributed by atoms with Crippen molar-refractivity contribution in [2.45, 2.75) is 13.0 Å². The SMILES string of the molecule is C[C@@H](OC(=O)c1cc([N+](=O)[O-])ccc1NCCO)C(=O)Nc1cccc(F)c1. The van der Waals surface area contributed by atoms with Gasteiger partial charge in [-0.1, -0.05) is 6.07 Å². The third-order valence-corrected chi connectivity index (χ3v) is 3.61. The van der Waals surface area contributed by atoms with E-state index in [1.807, 2.05) is 0 Å². The van der Waals surface area contributed by atoms with E-state index in [0.29, 0.717) is 0 Å². The maximum atomic E-state index is 13.2. The fourth-order valence-electron chi connectivity index (χ4n) is 2.25. The zero-order valence-electron chi connectivity index (χ0n) is 14.8. The van der Waals surface area contributed by atoms with Crippen LogP contribution in [0.4, 0.5) is 21.5 Å². The maximum Gasteiger partial charge on any atom is 0.341 e. The molecule has 0 heterocycles. The van der Waals surface area contributed by atoms with E-state index in [-0.39, 0.29) is 35.8 Å². The van der Waals surface area contributed by atoms with Crippen LogP contribution in [-0.2, 0) is 9.53 Å². The molecule has 3 N–H and O–H groups in total. The molecule has 0 bridgehead atoms. The number of anilines is 2. The Bertz CT molecular complexity index is 889. The molecule has 2 rings (SSSR count). The summed E-state index contributed by atoms with van der Waals surface area (Å²) in [6, 6.07) is 8.70. The number of aliphatic hydroxyl groups excluding tert-OH is 1. The summed E-state index contributed by atoms with van der Waals surface area (Å²) in [4.78, 5) is 34.9. The van der Waals surface area contributed by atoms with Gasteiger partial charge in [-0.2, -0.15) is 0 Å². The minimum Gasteiger partial charge on any atom is -0.449 e. The number of rotatable bonds is 8. The number of carbonyl (C=O) groups excluding carboxylic acids is 2. The third-order valence-electron chi connectivity index (χ3n) is 3.61. The third kappa shape index (κ3) is 5.48. The lowest BCUT2D eigenvalue weighted by atomic mass is 10.1. The molecule has 148 valence electrons. The van der Waals surface area contributed by atoms with E-state index < -0.39 is 28.7 Å². The molecule has 0 saturated heterocycles. The molecule has 0 aliphatic heterocycles. The highest BCUT2D eigenvalue weighted by Crippen LogP contribution is 2.23. The van der Waals surface area contributed by atoms with Gasteiger partial charge < -0.3 is 20.5 Å². The van der Waals surface area contributed by atoms with Crippen LogP contribution in [0.5, 0.6) is 0 Å². The predicted molar refractivity (Wildman–Crippen MR) is 98.6 cm³/mol. The number of esters is 1. The molecule has 0 fully saturated rings. The summed E-state index contributed by atoms with van der Waals surface area (Å²) in [6.45, 7) is 1.19. The standard InChI is InChI=1S/C18H18FN3O6/c1-11(17(24)21-13-4-2-3-12(19)9-13)28-18(25)15-10-14(22(26)27)5-6-16(15)20-7-8-23/h2-6,9-11,20,23H,7-8H2,1H3,(H,21,24)/t11-/m1/s1. The second-order valence-electron chi connectivity index (χ2n) is 5.68. The quantitative estimate of drug-likeness (QED) is 0.357. The van der Waals surface area contributed by atoms with Gasteiger partial charge in [0.2, 0.25) is 0 Å². The summed E-state index contributed by atoms with van der Waals surface area (Å²) in [6.07, 6.45) is -1.25. The summed E-state index contributed by atoms with van der Waals surface area (Å²) in [5.74, 6) is -2.21. The lowest BCUT2D eigenvalue weighted by Crippen LogP contribution is -2.30. The maximum absolute atomic E-state index is 13.2. The number of benzene rings is 2. The number of nitrogens with one attached hydrogen (secondary N) is 2. The minimum absolute atomic E-state index is 0.105. The van der Waals surface area contributed by atoms with Crippen LogP contribution in [0.1, 0.15) is 17.3 Å². The molecule has 10 heteroatoms. The topological polar surface area (TPSA) is 131 Å². The molecule has 0 aliphatic rings. The van der Waals surface area contributed by atoms with E-state index in [2.05, 4.69) is 10.6 Å². The Morgan fingerprint density at radius 2 is 2.04 bits per heavy atom. The van der Waals surface area contributed by atoms with Crippen molar-refractivity contribution < 1.29 is 28.7 Å². The largest absolute Gasteiger partial charge is 0.449 e. The van der Waals surface area contributed by atoms with E-state index in [0.717, 1.165) is 12.1 Å². The van der Waals surface area contributed by atoms with Crippen LogP contribution < -0.4 is 10.6 Å². The molecule has 0 aliphatic carbocycles. The van der Waals surface area contributed by atoms with E-state index in [1.54, 1.807) is 0 Å². The number of nitro groups is 1. The average molecular weight is 391 g/mol. The second-order valence-corrected chi connectivity index (χ2v) is 5.68. The predicted octanol–water partition coefficient (Wildman–Crippen LogP) is 2.32. The number of halogens is 1. The van der Waals surface area contributed by atoms with Gasteiger partial charge in [0, 0.05) is 30.1 Å². The highest BCUT2D eigenvalue weighted by atomic mass is 19.1. The highest BCUT2D eigenvalue weighted by molar-refractivity contribution is 6.00. The van der Waals surface area contributed by atoms with Gasteiger partial charge in [0.05, 0.1) is 17.1 Å². The van der Waals surface area contributed by atoms with Crippen LogP contribution in [0.15, 0.2) is 42.5 Å². The first-order valence-corrected chi connectivity index (χ1v) is 8.22. The lowest BCUT2D eigenvalue weighted by Gasteiger charge is -2.15. The highest BCUT2D eigenvalue weighted by Gasteiger charge is 2.23. The van der Waals surface area contributed by atoms with Crippen molar-refractivity contribution >= 4 is 28.9 Å². The number of hydrogen-bond acceptors (Lipinski definition) is 7. The van der Waals surface area contributed by atoms with Crippen LogP contribution in [0.25, 0.3) is 0 Å². The van der Waals surface area contributed by atoms with Crippen molar-refractivity contribution in [3.63, 3.8) is 0 Å². The Morgan fingerprint density at radius 1 is 1.29 bits per heavy atom. The molecular formula is C18H18FN3O6. The number of nitro benzene ring substituents is 1. The monoisotopic (exact) mass is 391 g/mol. The smallest absolute Gasteiger partial charge is 0.341 e. The second kappa shape index (κ2) is 9.42. The number of non-ortho nitro benzene ring substituents is 1. The van der Waals surface area contributed by atoms with Gasteiger partial charge in [0.1, 0.15) is 5.82 Å². The van der Waals surface area contributed by atoms with Crippen molar-refractivity contribution in [1.82, 2.24) is 0 Å². The number of nitrogens with zero attached hydrogens (tertiary/aromatic N) is 1. The molecule has 0 aromatic heterocycles. The van der Waals surface area contributed by atoms with Gasteiger partial charge in [-0.05, 0) is 31.2 Å². The van der Waals surface area contributed by atoms with Gasteiger partial charge in [0.15, 0.2) is 6.10 Å². The first-order valence-electron chi connectivity index (χ1n) is 8.22. The van der Waals surface area contributed by atoms with E-state index in [1.165, 1.54) is 37.3 Å². The summed E-state index contributed by atoms with van der Waals surface area (Å²) in [5.41, 5.74) is -0.0950. The number of amides is 1. The Balaban J connectivity index is 2.14. The summed E-state index contributed by atoms with van der Waals surface area (Å²) in [5, 5.41) is 25.0. The zero-order chi connectivity index (χ0) is 20.7. The molecule has 2 aromatic carbocycles. The molecule has 0 unspecified atom stereocenters. The van der Waals surface area contributed by atoms with Gasteiger partial charge in [0.25, 0.3) is 11.6 Å². The summed E-state index contributed by atoms with van der Waals surface area (Å²) in [7, 11) is 0. The first-order chi connectivity index (χ1) is 13.3. The Morgan fingerprint density at radius 3 is 2.68 bits per heavy atom. The lowest BCUT2D eigenvalue weighted by molar-refractivity contribution is -0.384. The zero-order valence-corrected chi connectivity index (χ0v) is 14.8. The Labute approximate surface area is 159 Å². The molecule has 1 amide bonds. The molecule has 0 radical (unpaired) electrons. The van der Waals surface area contributed by atoms with Crippen LogP contribution >= 0.6 is 0 Å². The van der Waals surface area contributed by atoms with Crippen molar-refractivity contribution in [3.8, 4) is 0 Å². The molecule has 28 heavy (non-hydrogen) atoms. The van der Waals surface area contributed by atoms with Gasteiger partial charge >= 0.3 is 5.97 Å². The van der Waals surface area contributed by atoms with Crippen LogP contribution in [0, 0.1) is 15.9 Å². The van der Waals surface area contributed by atoms with Crippen molar-refractivity contribution in [2.75, 3.05) is 23.8 Å². The molecular weight excluding hydrogens is 373 g/mol. The summed E-state index contributed by atoms with van der Waals surface area (Å²) < 4.78 is 18.3. The van der Waals surface area contributed by atoms with Crippen LogP contribution in [0.2, 0.25) is 0 Å². The fraction of sp³-hybridized carbons (Fsp3) is 0.222. The van der Waals surface area contributed by atoms with Crippen LogP contribution in [-0.4, -0.2) is 41.2 Å². The van der Waals surface area contributed by atoms with Gasteiger partial charge in [-0.15, -0.1) is 0 Å². The van der Waals surface area contributed by atoms with Crippen molar-refractivity contribution in [2.24, 2.45) is 0 Å². The number of aliphatic hydroxyl groups is 1. The fourth-order valence-corrected chi connectivity index (χ4v) is 2.25. The van der Waals surface area contributed by atoms with Crippen LogP contribution in [0.3, 0.4) is 0 Å². The average Bonchev–Trinajstić information content (AvgIpc) is 2.65. The van der Waals surface area contributed by atoms with E-state index in [4.69, 9.17) is 9.84 Å². The first kappa shape index (κ1) is 20.8. The van der Waals surface area contributed by atoms with E-state index in [9.17, 15) is 24.1 Å². The number of carbonyl (C=O) groups is 2. The Hall–Kier alpha value is -3.53. The molecule has 2 aromatic rings.